The molecule has 2 N–H and O–H groups in total. The maximum atomic E-state index is 12.2. The lowest BCUT2D eigenvalue weighted by Gasteiger charge is -2.22. The van der Waals surface area contributed by atoms with E-state index < -0.39 is 5.97 Å². The molecule has 1 fully saturated rings. The van der Waals surface area contributed by atoms with E-state index in [0.29, 0.717) is 31.2 Å². The maximum Gasteiger partial charge on any atom is 0.335 e. The van der Waals surface area contributed by atoms with Gasteiger partial charge in [0.2, 0.25) is 5.88 Å². The predicted octanol–water partition coefficient (Wildman–Crippen LogP) is 2.27. The molecule has 0 bridgehead atoms. The Bertz CT molecular complexity index is 770. The Labute approximate surface area is 151 Å². The Kier molecular flexibility index (Phi) is 5.80. The summed E-state index contributed by atoms with van der Waals surface area (Å²) in [5.41, 5.74) is 1.42. The number of hydrogen-bond donors (Lipinski definition) is 2. The Morgan fingerprint density at radius 1 is 1.15 bits per heavy atom. The van der Waals surface area contributed by atoms with E-state index in [9.17, 15) is 9.59 Å². The van der Waals surface area contributed by atoms with E-state index in [0.717, 1.165) is 18.4 Å². The van der Waals surface area contributed by atoms with Crippen molar-refractivity contribution in [2.75, 3.05) is 13.2 Å². The van der Waals surface area contributed by atoms with E-state index in [1.165, 1.54) is 24.3 Å². The van der Waals surface area contributed by atoms with Gasteiger partial charge in [0.05, 0.1) is 18.8 Å². The molecule has 0 spiro atoms. The Morgan fingerprint density at radius 2 is 1.85 bits per heavy atom. The van der Waals surface area contributed by atoms with Gasteiger partial charge in [0.1, 0.15) is 6.10 Å². The minimum absolute atomic E-state index is 0.105. The van der Waals surface area contributed by atoms with E-state index in [4.69, 9.17) is 14.6 Å². The van der Waals surface area contributed by atoms with Crippen LogP contribution >= 0.6 is 0 Å². The lowest BCUT2D eigenvalue weighted by Crippen LogP contribution is -2.26. The van der Waals surface area contributed by atoms with Crippen LogP contribution in [-0.4, -0.2) is 41.3 Å². The zero-order valence-corrected chi connectivity index (χ0v) is 14.2. The number of ether oxygens (including phenoxy) is 2. The van der Waals surface area contributed by atoms with Gasteiger partial charge >= 0.3 is 5.97 Å². The highest BCUT2D eigenvalue weighted by molar-refractivity contribution is 5.95. The smallest absolute Gasteiger partial charge is 0.335 e. The first-order valence-electron chi connectivity index (χ1n) is 8.43. The number of nitrogens with one attached hydrogen (secondary N) is 1. The predicted molar refractivity (Wildman–Crippen MR) is 93.3 cm³/mol. The van der Waals surface area contributed by atoms with Crippen molar-refractivity contribution in [2.24, 2.45) is 0 Å². The summed E-state index contributed by atoms with van der Waals surface area (Å²) in [4.78, 5) is 27.2. The molecule has 7 nitrogen and oxygen atoms in total. The number of carbonyl (C=O) groups excluding carboxylic acids is 1. The van der Waals surface area contributed by atoms with Crippen molar-refractivity contribution in [1.29, 1.82) is 0 Å². The summed E-state index contributed by atoms with van der Waals surface area (Å²) >= 11 is 0. The molecule has 1 amide bonds. The largest absolute Gasteiger partial charge is 0.478 e. The SMILES string of the molecule is O=C(O)c1ccc(C(=O)NCc2ccnc(OC3CCOCC3)c2)cc1. The number of hydrogen-bond acceptors (Lipinski definition) is 5. The zero-order chi connectivity index (χ0) is 18.4. The highest BCUT2D eigenvalue weighted by atomic mass is 16.5. The average molecular weight is 356 g/mol. The Hall–Kier alpha value is -2.93. The molecule has 0 radical (unpaired) electrons. The molecule has 0 aliphatic carbocycles. The monoisotopic (exact) mass is 356 g/mol. The third kappa shape index (κ3) is 4.80. The fourth-order valence-corrected chi connectivity index (χ4v) is 2.64. The molecule has 1 saturated heterocycles. The molecule has 1 aliphatic heterocycles. The fourth-order valence-electron chi connectivity index (χ4n) is 2.64. The van der Waals surface area contributed by atoms with E-state index in [-0.39, 0.29) is 17.6 Å². The van der Waals surface area contributed by atoms with E-state index in [2.05, 4.69) is 10.3 Å². The molecule has 1 aromatic carbocycles. The second kappa shape index (κ2) is 8.44. The lowest BCUT2D eigenvalue weighted by molar-refractivity contribution is 0.0237. The first kappa shape index (κ1) is 17.9. The van der Waals surface area contributed by atoms with Crippen molar-refractivity contribution < 1.29 is 24.2 Å². The number of aromatic carboxylic acids is 1. The molecule has 3 rings (SSSR count). The van der Waals surface area contributed by atoms with Gasteiger partial charge in [-0.25, -0.2) is 9.78 Å². The summed E-state index contributed by atoms with van der Waals surface area (Å²) in [6.07, 6.45) is 3.44. The highest BCUT2D eigenvalue weighted by Crippen LogP contribution is 2.17. The summed E-state index contributed by atoms with van der Waals surface area (Å²) in [6.45, 7) is 1.72. The van der Waals surface area contributed by atoms with Crippen LogP contribution < -0.4 is 10.1 Å². The van der Waals surface area contributed by atoms with Gasteiger partial charge in [0, 0.05) is 37.2 Å². The van der Waals surface area contributed by atoms with E-state index in [1.807, 2.05) is 12.1 Å². The third-order valence-electron chi connectivity index (χ3n) is 4.10. The topological polar surface area (TPSA) is 97.8 Å². The Balaban J connectivity index is 1.56. The number of carboxylic acids is 1. The number of carboxylic acid groups (broad SMARTS) is 1. The average Bonchev–Trinajstić information content (AvgIpc) is 2.67. The number of nitrogens with zero attached hydrogens (tertiary/aromatic N) is 1. The van der Waals surface area contributed by atoms with Crippen LogP contribution in [0.1, 0.15) is 39.1 Å². The number of aromatic nitrogens is 1. The van der Waals surface area contributed by atoms with Crippen molar-refractivity contribution in [2.45, 2.75) is 25.5 Å². The van der Waals surface area contributed by atoms with Crippen LogP contribution in [0.3, 0.4) is 0 Å². The van der Waals surface area contributed by atoms with Gasteiger partial charge in [-0.05, 0) is 35.9 Å². The number of carbonyl (C=O) groups is 2. The van der Waals surface area contributed by atoms with Gasteiger partial charge in [0.15, 0.2) is 0 Å². The van der Waals surface area contributed by atoms with Crippen LogP contribution in [0.2, 0.25) is 0 Å². The van der Waals surface area contributed by atoms with Crippen LogP contribution in [0.15, 0.2) is 42.6 Å². The molecular weight excluding hydrogens is 336 g/mol. The summed E-state index contributed by atoms with van der Waals surface area (Å²) in [5.74, 6) is -0.758. The number of pyridine rings is 1. The standard InChI is InChI=1S/C19H20N2O5/c22-18(14-1-3-15(4-2-14)19(23)24)21-12-13-5-8-20-17(11-13)26-16-6-9-25-10-7-16/h1-5,8,11,16H,6-7,9-10,12H2,(H,21,22)(H,23,24). The van der Waals surface area contributed by atoms with Crippen LogP contribution in [0.5, 0.6) is 5.88 Å². The van der Waals surface area contributed by atoms with Crippen molar-refractivity contribution in [3.8, 4) is 5.88 Å². The maximum absolute atomic E-state index is 12.2. The first-order chi connectivity index (χ1) is 12.6. The zero-order valence-electron chi connectivity index (χ0n) is 14.2. The number of rotatable bonds is 6. The Morgan fingerprint density at radius 3 is 2.54 bits per heavy atom. The molecule has 2 heterocycles. The number of benzene rings is 1. The van der Waals surface area contributed by atoms with Crippen molar-refractivity contribution in [1.82, 2.24) is 10.3 Å². The highest BCUT2D eigenvalue weighted by Gasteiger charge is 2.16. The first-order valence-corrected chi connectivity index (χ1v) is 8.43. The van der Waals surface area contributed by atoms with E-state index in [1.54, 1.807) is 6.20 Å². The normalized spacial score (nSPS) is 14.6. The van der Waals surface area contributed by atoms with Gasteiger partial charge in [-0.1, -0.05) is 0 Å². The minimum atomic E-state index is -1.02. The molecular formula is C19H20N2O5. The van der Waals surface area contributed by atoms with Gasteiger partial charge in [-0.2, -0.15) is 0 Å². The molecule has 1 aromatic heterocycles. The van der Waals surface area contributed by atoms with Crippen LogP contribution in [0.4, 0.5) is 0 Å². The van der Waals surface area contributed by atoms with Gasteiger partial charge < -0.3 is 19.9 Å². The molecule has 136 valence electrons. The summed E-state index contributed by atoms with van der Waals surface area (Å²) in [7, 11) is 0. The van der Waals surface area contributed by atoms with Gasteiger partial charge in [-0.15, -0.1) is 0 Å². The minimum Gasteiger partial charge on any atom is -0.478 e. The van der Waals surface area contributed by atoms with Gasteiger partial charge in [-0.3, -0.25) is 4.79 Å². The molecule has 0 unspecified atom stereocenters. The third-order valence-corrected chi connectivity index (χ3v) is 4.10. The second-order valence-corrected chi connectivity index (χ2v) is 6.00. The molecule has 1 aliphatic rings. The molecule has 0 saturated carbocycles. The van der Waals surface area contributed by atoms with Gasteiger partial charge in [0.25, 0.3) is 5.91 Å². The van der Waals surface area contributed by atoms with Crippen molar-refractivity contribution in [3.05, 3.63) is 59.3 Å². The molecule has 0 atom stereocenters. The summed E-state index contributed by atoms with van der Waals surface area (Å²) in [5, 5.41) is 11.7. The van der Waals surface area contributed by atoms with Crippen molar-refractivity contribution in [3.63, 3.8) is 0 Å². The lowest BCUT2D eigenvalue weighted by atomic mass is 10.1. The van der Waals surface area contributed by atoms with E-state index >= 15 is 0 Å². The van der Waals surface area contributed by atoms with Crippen LogP contribution in [0, 0.1) is 0 Å². The molecule has 26 heavy (non-hydrogen) atoms. The fraction of sp³-hybridized carbons (Fsp3) is 0.316. The van der Waals surface area contributed by atoms with Crippen molar-refractivity contribution >= 4 is 11.9 Å². The quantitative estimate of drug-likeness (QED) is 0.824. The molecule has 2 aromatic rings. The molecule has 7 heteroatoms. The summed E-state index contributed by atoms with van der Waals surface area (Å²) < 4.78 is 11.2. The second-order valence-electron chi connectivity index (χ2n) is 6.00. The summed E-state index contributed by atoms with van der Waals surface area (Å²) in [6, 6.07) is 9.41. The number of amides is 1. The van der Waals surface area contributed by atoms with Crippen LogP contribution in [-0.2, 0) is 11.3 Å². The van der Waals surface area contributed by atoms with Crippen LogP contribution in [0.25, 0.3) is 0 Å².